The number of imidazole rings is 1. The van der Waals surface area contributed by atoms with E-state index in [1.807, 2.05) is 28.8 Å². The quantitative estimate of drug-likeness (QED) is 0.883. The number of aliphatic carboxylic acids is 1. The lowest BCUT2D eigenvalue weighted by atomic mass is 9.81. The van der Waals surface area contributed by atoms with Crippen molar-refractivity contribution in [2.75, 3.05) is 0 Å². The Labute approximate surface area is 105 Å². The van der Waals surface area contributed by atoms with Gasteiger partial charge in [0.15, 0.2) is 0 Å². The van der Waals surface area contributed by atoms with E-state index in [0.29, 0.717) is 12.8 Å². The summed E-state index contributed by atoms with van der Waals surface area (Å²) in [6, 6.07) is 7.72. The summed E-state index contributed by atoms with van der Waals surface area (Å²) in [6.07, 6.45) is 6.15. The largest absolute Gasteiger partial charge is 0.479 e. The van der Waals surface area contributed by atoms with Gasteiger partial charge in [-0.15, -0.1) is 0 Å². The lowest BCUT2D eigenvalue weighted by Gasteiger charge is -2.34. The zero-order valence-corrected chi connectivity index (χ0v) is 10.2. The van der Waals surface area contributed by atoms with Crippen molar-refractivity contribution in [1.82, 2.24) is 9.55 Å². The number of para-hydroxylation sites is 2. The Morgan fingerprint density at radius 1 is 1.22 bits per heavy atom. The number of carboxylic acids is 1. The van der Waals surface area contributed by atoms with Crippen molar-refractivity contribution < 1.29 is 9.90 Å². The first-order valence-electron chi connectivity index (χ1n) is 6.40. The number of aromatic nitrogens is 2. The molecule has 1 heterocycles. The van der Waals surface area contributed by atoms with Crippen molar-refractivity contribution in [3.8, 4) is 0 Å². The number of hydrogen-bond acceptors (Lipinski definition) is 2. The van der Waals surface area contributed by atoms with Crippen LogP contribution < -0.4 is 0 Å². The average Bonchev–Trinajstić information content (AvgIpc) is 2.83. The minimum atomic E-state index is -0.797. The van der Waals surface area contributed by atoms with Crippen LogP contribution in [0.1, 0.15) is 32.1 Å². The van der Waals surface area contributed by atoms with Crippen molar-refractivity contribution in [2.24, 2.45) is 0 Å². The molecule has 18 heavy (non-hydrogen) atoms. The van der Waals surface area contributed by atoms with Crippen molar-refractivity contribution in [1.29, 1.82) is 0 Å². The summed E-state index contributed by atoms with van der Waals surface area (Å²) < 4.78 is 1.86. The van der Waals surface area contributed by atoms with Gasteiger partial charge in [-0.25, -0.2) is 9.78 Å². The summed E-state index contributed by atoms with van der Waals surface area (Å²) in [5, 5.41) is 9.67. The molecule has 4 nitrogen and oxygen atoms in total. The number of hydrogen-bond donors (Lipinski definition) is 1. The normalized spacial score (nSPS) is 18.9. The zero-order valence-electron chi connectivity index (χ0n) is 10.2. The van der Waals surface area contributed by atoms with Crippen LogP contribution in [0.4, 0.5) is 0 Å². The van der Waals surface area contributed by atoms with E-state index in [4.69, 9.17) is 0 Å². The maximum absolute atomic E-state index is 11.8. The molecule has 1 fully saturated rings. The van der Waals surface area contributed by atoms with Crippen LogP contribution in [0.25, 0.3) is 11.0 Å². The SMILES string of the molecule is O=C(O)C1(n2cnc3ccccc32)CCCCC1. The van der Waals surface area contributed by atoms with Gasteiger partial charge < -0.3 is 9.67 Å². The van der Waals surface area contributed by atoms with E-state index in [-0.39, 0.29) is 0 Å². The van der Waals surface area contributed by atoms with Crippen LogP contribution in [0.3, 0.4) is 0 Å². The number of nitrogens with zero attached hydrogens (tertiary/aromatic N) is 2. The van der Waals surface area contributed by atoms with Crippen molar-refractivity contribution in [3.63, 3.8) is 0 Å². The zero-order chi connectivity index (χ0) is 12.6. The highest BCUT2D eigenvalue weighted by Crippen LogP contribution is 2.37. The molecule has 0 saturated heterocycles. The molecule has 0 bridgehead atoms. The molecule has 0 spiro atoms. The Kier molecular flexibility index (Phi) is 2.58. The van der Waals surface area contributed by atoms with E-state index >= 15 is 0 Å². The van der Waals surface area contributed by atoms with Crippen LogP contribution in [0.5, 0.6) is 0 Å². The fourth-order valence-corrected chi connectivity index (χ4v) is 2.99. The van der Waals surface area contributed by atoms with Crippen LogP contribution in [-0.4, -0.2) is 20.6 Å². The lowest BCUT2D eigenvalue weighted by Crippen LogP contribution is -2.43. The smallest absolute Gasteiger partial charge is 0.329 e. The number of carboxylic acid groups (broad SMARTS) is 1. The summed E-state index contributed by atoms with van der Waals surface area (Å²) in [6.45, 7) is 0. The molecule has 3 rings (SSSR count). The molecule has 1 aromatic heterocycles. The molecule has 1 saturated carbocycles. The van der Waals surface area contributed by atoms with Gasteiger partial charge in [0, 0.05) is 0 Å². The molecule has 1 N–H and O–H groups in total. The molecule has 0 unspecified atom stereocenters. The molecule has 4 heteroatoms. The number of benzene rings is 1. The van der Waals surface area contributed by atoms with Gasteiger partial charge in [-0.3, -0.25) is 0 Å². The van der Waals surface area contributed by atoms with Crippen LogP contribution in [-0.2, 0) is 10.3 Å². The van der Waals surface area contributed by atoms with Crippen LogP contribution in [0, 0.1) is 0 Å². The van der Waals surface area contributed by atoms with Crippen molar-refractivity contribution in [3.05, 3.63) is 30.6 Å². The Balaban J connectivity index is 2.18. The number of carbonyl (C=O) groups is 1. The summed E-state index contributed by atoms with van der Waals surface area (Å²) in [5.74, 6) is -0.731. The van der Waals surface area contributed by atoms with Crippen molar-refractivity contribution >= 4 is 17.0 Å². The van der Waals surface area contributed by atoms with E-state index in [1.54, 1.807) is 6.33 Å². The fraction of sp³-hybridized carbons (Fsp3) is 0.429. The van der Waals surface area contributed by atoms with Gasteiger partial charge in [-0.1, -0.05) is 31.4 Å². The molecule has 94 valence electrons. The van der Waals surface area contributed by atoms with Crippen LogP contribution in [0.2, 0.25) is 0 Å². The van der Waals surface area contributed by atoms with Gasteiger partial charge in [0.25, 0.3) is 0 Å². The standard InChI is InChI=1S/C14H16N2O2/c17-13(18)14(8-4-1-5-9-14)16-10-15-11-6-2-3-7-12(11)16/h2-3,6-7,10H,1,4-5,8-9H2,(H,17,18). The monoisotopic (exact) mass is 244 g/mol. The second kappa shape index (κ2) is 4.12. The fourth-order valence-electron chi connectivity index (χ4n) is 2.99. The van der Waals surface area contributed by atoms with Crippen LogP contribution >= 0.6 is 0 Å². The third kappa shape index (κ3) is 1.52. The number of fused-ring (bicyclic) bond motifs is 1. The van der Waals surface area contributed by atoms with E-state index in [1.165, 1.54) is 0 Å². The Morgan fingerprint density at radius 2 is 1.94 bits per heavy atom. The van der Waals surface area contributed by atoms with E-state index in [9.17, 15) is 9.90 Å². The highest BCUT2D eigenvalue weighted by Gasteiger charge is 2.42. The predicted molar refractivity (Wildman–Crippen MR) is 68.4 cm³/mol. The molecule has 0 radical (unpaired) electrons. The Hall–Kier alpha value is -1.84. The molecule has 1 aliphatic rings. The third-order valence-electron chi connectivity index (χ3n) is 3.99. The highest BCUT2D eigenvalue weighted by atomic mass is 16.4. The maximum Gasteiger partial charge on any atom is 0.329 e. The molecule has 1 aromatic carbocycles. The van der Waals surface area contributed by atoms with E-state index < -0.39 is 11.5 Å². The molecule has 0 atom stereocenters. The highest BCUT2D eigenvalue weighted by molar-refractivity contribution is 5.82. The van der Waals surface area contributed by atoms with Gasteiger partial charge in [0.05, 0.1) is 17.4 Å². The first-order valence-corrected chi connectivity index (χ1v) is 6.40. The molecule has 0 amide bonds. The second-order valence-corrected chi connectivity index (χ2v) is 5.00. The van der Waals surface area contributed by atoms with Gasteiger partial charge in [0.1, 0.15) is 5.54 Å². The third-order valence-corrected chi connectivity index (χ3v) is 3.99. The lowest BCUT2D eigenvalue weighted by molar-refractivity contribution is -0.149. The minimum Gasteiger partial charge on any atom is -0.479 e. The summed E-state index contributed by atoms with van der Waals surface area (Å²) in [7, 11) is 0. The molecular formula is C14H16N2O2. The van der Waals surface area contributed by atoms with Gasteiger partial charge >= 0.3 is 5.97 Å². The molecular weight excluding hydrogens is 228 g/mol. The molecule has 1 aliphatic carbocycles. The Bertz CT molecular complexity index is 582. The predicted octanol–water partition coefficient (Wildman–Crippen LogP) is 2.78. The maximum atomic E-state index is 11.8. The first kappa shape index (κ1) is 11.3. The Morgan fingerprint density at radius 3 is 2.67 bits per heavy atom. The van der Waals surface area contributed by atoms with E-state index in [0.717, 1.165) is 30.3 Å². The van der Waals surface area contributed by atoms with Gasteiger partial charge in [0.2, 0.25) is 0 Å². The molecule has 2 aromatic rings. The topological polar surface area (TPSA) is 55.1 Å². The summed E-state index contributed by atoms with van der Waals surface area (Å²) >= 11 is 0. The summed E-state index contributed by atoms with van der Waals surface area (Å²) in [4.78, 5) is 16.1. The van der Waals surface area contributed by atoms with Gasteiger partial charge in [-0.05, 0) is 25.0 Å². The minimum absolute atomic E-state index is 0.697. The van der Waals surface area contributed by atoms with Crippen LogP contribution in [0.15, 0.2) is 30.6 Å². The van der Waals surface area contributed by atoms with Gasteiger partial charge in [-0.2, -0.15) is 0 Å². The summed E-state index contributed by atoms with van der Waals surface area (Å²) in [5.41, 5.74) is 0.986. The number of rotatable bonds is 2. The molecule has 0 aliphatic heterocycles. The van der Waals surface area contributed by atoms with E-state index in [2.05, 4.69) is 4.98 Å². The first-order chi connectivity index (χ1) is 8.74. The van der Waals surface area contributed by atoms with Crippen molar-refractivity contribution in [2.45, 2.75) is 37.6 Å². The second-order valence-electron chi connectivity index (χ2n) is 5.00. The average molecular weight is 244 g/mol.